The van der Waals surface area contributed by atoms with Gasteiger partial charge in [0.2, 0.25) is 10.0 Å². The van der Waals surface area contributed by atoms with Gasteiger partial charge in [0, 0.05) is 44.9 Å². The fourth-order valence-electron chi connectivity index (χ4n) is 3.26. The summed E-state index contributed by atoms with van der Waals surface area (Å²) in [7, 11) is -2.56. The van der Waals surface area contributed by atoms with Crippen molar-refractivity contribution in [1.82, 2.24) is 14.5 Å². The summed E-state index contributed by atoms with van der Waals surface area (Å²) in [6.07, 6.45) is 0. The Kier molecular flexibility index (Phi) is 6.44. The third-order valence-electron chi connectivity index (χ3n) is 4.93. The zero-order chi connectivity index (χ0) is 21.9. The van der Waals surface area contributed by atoms with E-state index in [-0.39, 0.29) is 16.1 Å². The summed E-state index contributed by atoms with van der Waals surface area (Å²) in [5, 5.41) is 10.9. The van der Waals surface area contributed by atoms with Gasteiger partial charge in [-0.3, -0.25) is 19.8 Å². The molecule has 0 saturated carbocycles. The topological polar surface area (TPSA) is 113 Å². The molecule has 0 radical (unpaired) electrons. The van der Waals surface area contributed by atoms with E-state index in [4.69, 9.17) is 0 Å². The van der Waals surface area contributed by atoms with Crippen molar-refractivity contribution in [3.05, 3.63) is 69.5 Å². The number of halogens is 1. The molecule has 1 aliphatic heterocycles. The molecule has 1 amide bonds. The van der Waals surface area contributed by atoms with Crippen LogP contribution in [0, 0.1) is 15.9 Å². The average Bonchev–Trinajstić information content (AvgIpc) is 2.74. The highest BCUT2D eigenvalue weighted by atomic mass is 32.2. The number of carbonyl (C=O) groups is 1. The SMILES string of the molecule is CNS(=O)(=O)c1ccc(F)c(C(=O)N2CCN(Cc3cccc([N+](=O)[O-])c3)CC2)c1. The number of hydrogen-bond donors (Lipinski definition) is 1. The molecule has 1 saturated heterocycles. The van der Waals surface area contributed by atoms with Crippen LogP contribution in [-0.2, 0) is 16.6 Å². The van der Waals surface area contributed by atoms with Crippen molar-refractivity contribution < 1.29 is 22.5 Å². The minimum Gasteiger partial charge on any atom is -0.336 e. The van der Waals surface area contributed by atoms with Gasteiger partial charge in [0.15, 0.2) is 0 Å². The van der Waals surface area contributed by atoms with Crippen molar-refractivity contribution in [3.8, 4) is 0 Å². The van der Waals surface area contributed by atoms with E-state index in [0.717, 1.165) is 23.8 Å². The van der Waals surface area contributed by atoms with Crippen molar-refractivity contribution in [3.63, 3.8) is 0 Å². The third-order valence-corrected chi connectivity index (χ3v) is 6.35. The predicted octanol–water partition coefficient (Wildman–Crippen LogP) is 1.60. The Bertz CT molecular complexity index is 1070. The zero-order valence-corrected chi connectivity index (χ0v) is 17.1. The second-order valence-corrected chi connectivity index (χ2v) is 8.73. The Hall–Kier alpha value is -2.89. The number of benzene rings is 2. The van der Waals surface area contributed by atoms with Gasteiger partial charge >= 0.3 is 0 Å². The Balaban J connectivity index is 1.67. The maximum atomic E-state index is 14.2. The Labute approximate surface area is 173 Å². The normalized spacial score (nSPS) is 15.2. The molecule has 1 heterocycles. The zero-order valence-electron chi connectivity index (χ0n) is 16.2. The predicted molar refractivity (Wildman–Crippen MR) is 107 cm³/mol. The van der Waals surface area contributed by atoms with Crippen LogP contribution in [0.4, 0.5) is 10.1 Å². The second-order valence-electron chi connectivity index (χ2n) is 6.84. The molecular formula is C19H21FN4O5S. The molecule has 0 aliphatic carbocycles. The van der Waals surface area contributed by atoms with Crippen LogP contribution in [0.15, 0.2) is 47.4 Å². The van der Waals surface area contributed by atoms with E-state index in [1.54, 1.807) is 12.1 Å². The van der Waals surface area contributed by atoms with E-state index in [2.05, 4.69) is 4.72 Å². The van der Waals surface area contributed by atoms with Gasteiger partial charge in [-0.2, -0.15) is 0 Å². The van der Waals surface area contributed by atoms with Crippen LogP contribution in [0.5, 0.6) is 0 Å². The van der Waals surface area contributed by atoms with Gasteiger partial charge in [-0.15, -0.1) is 0 Å². The molecule has 0 spiro atoms. The molecule has 3 rings (SSSR count). The van der Waals surface area contributed by atoms with Gasteiger partial charge in [0.05, 0.1) is 15.4 Å². The van der Waals surface area contributed by atoms with E-state index in [9.17, 15) is 27.7 Å². The standard InChI is InChI=1S/C19H21FN4O5S/c1-21-30(28,29)16-5-6-18(20)17(12-16)19(25)23-9-7-22(8-10-23)13-14-3-2-4-15(11-14)24(26)27/h2-6,11-12,21H,7-10,13H2,1H3. The van der Waals surface area contributed by atoms with Gasteiger partial charge in [-0.05, 0) is 30.8 Å². The molecule has 0 unspecified atom stereocenters. The first-order chi connectivity index (χ1) is 14.2. The molecule has 0 atom stereocenters. The van der Waals surface area contributed by atoms with E-state index in [1.165, 1.54) is 24.1 Å². The fourth-order valence-corrected chi connectivity index (χ4v) is 4.02. The van der Waals surface area contributed by atoms with E-state index >= 15 is 0 Å². The first-order valence-electron chi connectivity index (χ1n) is 9.19. The summed E-state index contributed by atoms with van der Waals surface area (Å²) in [5.41, 5.74) is 0.520. The maximum Gasteiger partial charge on any atom is 0.269 e. The summed E-state index contributed by atoms with van der Waals surface area (Å²) in [6, 6.07) is 9.48. The van der Waals surface area contributed by atoms with Crippen molar-refractivity contribution in [2.75, 3.05) is 33.2 Å². The highest BCUT2D eigenvalue weighted by Gasteiger charge is 2.26. The lowest BCUT2D eigenvalue weighted by molar-refractivity contribution is -0.384. The lowest BCUT2D eigenvalue weighted by atomic mass is 10.1. The average molecular weight is 436 g/mol. The number of nitrogens with zero attached hydrogens (tertiary/aromatic N) is 3. The number of piperazine rings is 1. The molecule has 9 nitrogen and oxygen atoms in total. The van der Waals surface area contributed by atoms with Gasteiger partial charge in [-0.1, -0.05) is 12.1 Å². The molecule has 1 N–H and O–H groups in total. The van der Waals surface area contributed by atoms with Crippen LogP contribution in [0.3, 0.4) is 0 Å². The van der Waals surface area contributed by atoms with E-state index in [1.807, 2.05) is 4.90 Å². The van der Waals surface area contributed by atoms with Crippen LogP contribution >= 0.6 is 0 Å². The van der Waals surface area contributed by atoms with Crippen molar-refractivity contribution in [1.29, 1.82) is 0 Å². The number of carbonyl (C=O) groups excluding carboxylic acids is 1. The Morgan fingerprint density at radius 2 is 1.87 bits per heavy atom. The van der Waals surface area contributed by atoms with Crippen LogP contribution in [-0.4, -0.2) is 62.3 Å². The summed E-state index contributed by atoms with van der Waals surface area (Å²) < 4.78 is 40.2. The number of rotatable bonds is 6. The summed E-state index contributed by atoms with van der Waals surface area (Å²) in [6.45, 7) is 2.16. The number of nitro benzene ring substituents is 1. The monoisotopic (exact) mass is 436 g/mol. The van der Waals surface area contributed by atoms with Crippen molar-refractivity contribution in [2.24, 2.45) is 0 Å². The van der Waals surface area contributed by atoms with Crippen LogP contribution in [0.1, 0.15) is 15.9 Å². The Morgan fingerprint density at radius 3 is 2.50 bits per heavy atom. The summed E-state index contributed by atoms with van der Waals surface area (Å²) in [4.78, 5) is 26.5. The maximum absolute atomic E-state index is 14.2. The number of hydrogen-bond acceptors (Lipinski definition) is 6. The number of amides is 1. The molecule has 1 fully saturated rings. The second kappa shape index (κ2) is 8.86. The van der Waals surface area contributed by atoms with Gasteiger partial charge in [-0.25, -0.2) is 17.5 Å². The number of nitrogens with one attached hydrogen (secondary N) is 1. The van der Waals surface area contributed by atoms with Crippen LogP contribution in [0.25, 0.3) is 0 Å². The van der Waals surface area contributed by atoms with Gasteiger partial charge in [0.1, 0.15) is 5.82 Å². The van der Waals surface area contributed by atoms with Gasteiger partial charge in [0.25, 0.3) is 11.6 Å². The highest BCUT2D eigenvalue weighted by molar-refractivity contribution is 7.89. The number of nitro groups is 1. The lowest BCUT2D eigenvalue weighted by Gasteiger charge is -2.34. The van der Waals surface area contributed by atoms with Crippen molar-refractivity contribution >= 4 is 21.6 Å². The van der Waals surface area contributed by atoms with Gasteiger partial charge < -0.3 is 4.90 Å². The molecule has 160 valence electrons. The summed E-state index contributed by atoms with van der Waals surface area (Å²) in [5.74, 6) is -1.36. The minimum absolute atomic E-state index is 0.0215. The molecule has 0 bridgehead atoms. The minimum atomic E-state index is -3.80. The van der Waals surface area contributed by atoms with E-state index < -0.39 is 26.7 Å². The van der Waals surface area contributed by atoms with Crippen LogP contribution < -0.4 is 4.72 Å². The first kappa shape index (κ1) is 21.8. The smallest absolute Gasteiger partial charge is 0.269 e. The fraction of sp³-hybridized carbons (Fsp3) is 0.316. The molecule has 2 aromatic rings. The highest BCUT2D eigenvalue weighted by Crippen LogP contribution is 2.19. The number of non-ortho nitro benzene ring substituents is 1. The molecule has 30 heavy (non-hydrogen) atoms. The van der Waals surface area contributed by atoms with Crippen LogP contribution in [0.2, 0.25) is 0 Å². The molecule has 1 aliphatic rings. The largest absolute Gasteiger partial charge is 0.336 e. The van der Waals surface area contributed by atoms with Crippen molar-refractivity contribution in [2.45, 2.75) is 11.4 Å². The summed E-state index contributed by atoms with van der Waals surface area (Å²) >= 11 is 0. The first-order valence-corrected chi connectivity index (χ1v) is 10.7. The molecule has 0 aromatic heterocycles. The third kappa shape index (κ3) is 4.81. The molecule has 2 aromatic carbocycles. The molecular weight excluding hydrogens is 415 g/mol. The Morgan fingerprint density at radius 1 is 1.17 bits per heavy atom. The quantitative estimate of drug-likeness (QED) is 0.544. The van der Waals surface area contributed by atoms with E-state index in [0.29, 0.717) is 32.7 Å². The lowest BCUT2D eigenvalue weighted by Crippen LogP contribution is -2.48. The number of sulfonamides is 1. The molecule has 11 heteroatoms.